The standard InChI is InChI=1S/C18H30O3/c1-3-5-7-8-9-12-15(11-6-4-2)21-17-14-10-13-16(19)18(17)20/h10,13-15,19-20H,3-9,11-12H2,1-2H3. The van der Waals surface area contributed by atoms with E-state index in [1.165, 1.54) is 31.7 Å². The summed E-state index contributed by atoms with van der Waals surface area (Å²) in [6.07, 6.45) is 10.6. The third-order valence-electron chi connectivity index (χ3n) is 3.78. The molecule has 3 heteroatoms. The smallest absolute Gasteiger partial charge is 0.200 e. The second-order valence-corrected chi connectivity index (χ2v) is 5.71. The van der Waals surface area contributed by atoms with Crippen LogP contribution in [0.1, 0.15) is 71.6 Å². The molecule has 0 radical (unpaired) electrons. The fourth-order valence-corrected chi connectivity index (χ4v) is 2.45. The quantitative estimate of drug-likeness (QED) is 0.424. The van der Waals surface area contributed by atoms with Crippen LogP contribution in [0.3, 0.4) is 0 Å². The minimum Gasteiger partial charge on any atom is -0.504 e. The van der Waals surface area contributed by atoms with E-state index in [1.807, 2.05) is 0 Å². The fourth-order valence-electron chi connectivity index (χ4n) is 2.45. The van der Waals surface area contributed by atoms with Crippen LogP contribution in [0.15, 0.2) is 18.2 Å². The van der Waals surface area contributed by atoms with E-state index < -0.39 is 0 Å². The molecule has 0 fully saturated rings. The van der Waals surface area contributed by atoms with Crippen LogP contribution in [-0.2, 0) is 0 Å². The summed E-state index contributed by atoms with van der Waals surface area (Å²) in [5, 5.41) is 19.4. The van der Waals surface area contributed by atoms with Gasteiger partial charge < -0.3 is 14.9 Å². The molecule has 0 bridgehead atoms. The second kappa shape index (κ2) is 10.4. The zero-order valence-electron chi connectivity index (χ0n) is 13.5. The van der Waals surface area contributed by atoms with Gasteiger partial charge in [0.25, 0.3) is 0 Å². The van der Waals surface area contributed by atoms with Gasteiger partial charge in [-0.05, 0) is 31.4 Å². The zero-order valence-corrected chi connectivity index (χ0v) is 13.5. The molecule has 1 aromatic rings. The summed E-state index contributed by atoms with van der Waals surface area (Å²) in [5.74, 6) is 0.124. The Kier molecular flexibility index (Phi) is 8.72. The van der Waals surface area contributed by atoms with Gasteiger partial charge in [-0.3, -0.25) is 0 Å². The van der Waals surface area contributed by atoms with Crippen molar-refractivity contribution in [3.63, 3.8) is 0 Å². The summed E-state index contributed by atoms with van der Waals surface area (Å²) in [6, 6.07) is 4.88. The normalized spacial score (nSPS) is 12.3. The van der Waals surface area contributed by atoms with Gasteiger partial charge in [0.05, 0.1) is 6.10 Å². The Morgan fingerprint density at radius 2 is 1.57 bits per heavy atom. The average Bonchev–Trinajstić information content (AvgIpc) is 2.48. The van der Waals surface area contributed by atoms with E-state index in [2.05, 4.69) is 13.8 Å². The van der Waals surface area contributed by atoms with Crippen LogP contribution in [0.5, 0.6) is 17.2 Å². The summed E-state index contributed by atoms with van der Waals surface area (Å²) in [4.78, 5) is 0. The molecule has 0 saturated heterocycles. The number of rotatable bonds is 11. The van der Waals surface area contributed by atoms with Gasteiger partial charge in [-0.1, -0.05) is 58.4 Å². The Balaban J connectivity index is 2.50. The number of ether oxygens (including phenoxy) is 1. The van der Waals surface area contributed by atoms with E-state index in [-0.39, 0.29) is 17.6 Å². The molecule has 1 rings (SSSR count). The maximum Gasteiger partial charge on any atom is 0.200 e. The SMILES string of the molecule is CCCCCCCC(CCCC)Oc1cccc(O)c1O. The number of phenols is 2. The van der Waals surface area contributed by atoms with Crippen LogP contribution in [0.25, 0.3) is 0 Å². The van der Waals surface area contributed by atoms with Crippen LogP contribution in [-0.4, -0.2) is 16.3 Å². The lowest BCUT2D eigenvalue weighted by molar-refractivity contribution is 0.166. The van der Waals surface area contributed by atoms with E-state index in [9.17, 15) is 10.2 Å². The van der Waals surface area contributed by atoms with Gasteiger partial charge in [0, 0.05) is 0 Å². The second-order valence-electron chi connectivity index (χ2n) is 5.71. The van der Waals surface area contributed by atoms with Gasteiger partial charge in [0.2, 0.25) is 5.75 Å². The van der Waals surface area contributed by atoms with E-state index in [4.69, 9.17) is 4.74 Å². The van der Waals surface area contributed by atoms with Gasteiger partial charge in [0.1, 0.15) is 0 Å². The average molecular weight is 294 g/mol. The highest BCUT2D eigenvalue weighted by atomic mass is 16.5. The van der Waals surface area contributed by atoms with E-state index >= 15 is 0 Å². The third kappa shape index (κ3) is 6.74. The Bertz CT molecular complexity index is 390. The van der Waals surface area contributed by atoms with Crippen molar-refractivity contribution in [1.29, 1.82) is 0 Å². The number of benzene rings is 1. The number of para-hydroxylation sites is 1. The summed E-state index contributed by atoms with van der Waals surface area (Å²) < 4.78 is 5.92. The summed E-state index contributed by atoms with van der Waals surface area (Å²) in [5.41, 5.74) is 0. The first kappa shape index (κ1) is 17.7. The molecule has 21 heavy (non-hydrogen) atoms. The summed E-state index contributed by atoms with van der Waals surface area (Å²) in [7, 11) is 0. The predicted octanol–water partition coefficient (Wildman–Crippen LogP) is 5.40. The summed E-state index contributed by atoms with van der Waals surface area (Å²) >= 11 is 0. The molecular formula is C18H30O3. The number of aromatic hydroxyl groups is 2. The number of phenolic OH excluding ortho intramolecular Hbond substituents is 2. The maximum absolute atomic E-state index is 9.84. The van der Waals surface area contributed by atoms with Crippen molar-refractivity contribution >= 4 is 0 Å². The highest BCUT2D eigenvalue weighted by Crippen LogP contribution is 2.36. The first-order valence-electron chi connectivity index (χ1n) is 8.36. The van der Waals surface area contributed by atoms with Crippen LogP contribution in [0, 0.1) is 0 Å². The van der Waals surface area contributed by atoms with Crippen molar-refractivity contribution in [2.45, 2.75) is 77.7 Å². The molecule has 1 aromatic carbocycles. The van der Waals surface area contributed by atoms with Crippen LogP contribution >= 0.6 is 0 Å². The van der Waals surface area contributed by atoms with E-state index in [1.54, 1.807) is 12.1 Å². The molecule has 0 saturated carbocycles. The molecule has 2 N–H and O–H groups in total. The van der Waals surface area contributed by atoms with Gasteiger partial charge in [-0.25, -0.2) is 0 Å². The molecule has 1 atom stereocenters. The van der Waals surface area contributed by atoms with Crippen molar-refractivity contribution in [3.05, 3.63) is 18.2 Å². The van der Waals surface area contributed by atoms with Crippen molar-refractivity contribution in [2.75, 3.05) is 0 Å². The minimum atomic E-state index is -0.148. The van der Waals surface area contributed by atoms with Gasteiger partial charge >= 0.3 is 0 Å². The topological polar surface area (TPSA) is 49.7 Å². The molecule has 0 spiro atoms. The Morgan fingerprint density at radius 3 is 2.29 bits per heavy atom. The van der Waals surface area contributed by atoms with Crippen LogP contribution in [0.2, 0.25) is 0 Å². The molecule has 3 nitrogen and oxygen atoms in total. The van der Waals surface area contributed by atoms with Crippen molar-refractivity contribution < 1.29 is 14.9 Å². The van der Waals surface area contributed by atoms with Crippen LogP contribution < -0.4 is 4.74 Å². The lowest BCUT2D eigenvalue weighted by atomic mass is 10.0. The van der Waals surface area contributed by atoms with Crippen molar-refractivity contribution in [1.82, 2.24) is 0 Å². The number of unbranched alkanes of at least 4 members (excludes halogenated alkanes) is 5. The molecule has 0 aromatic heterocycles. The van der Waals surface area contributed by atoms with Gasteiger partial charge in [0.15, 0.2) is 11.5 Å². The highest BCUT2D eigenvalue weighted by molar-refractivity contribution is 5.48. The third-order valence-corrected chi connectivity index (χ3v) is 3.78. The Labute approximate surface area is 129 Å². The fraction of sp³-hybridized carbons (Fsp3) is 0.667. The lowest BCUT2D eigenvalue weighted by Crippen LogP contribution is -2.16. The Morgan fingerprint density at radius 1 is 0.905 bits per heavy atom. The summed E-state index contributed by atoms with van der Waals surface area (Å²) in [6.45, 7) is 4.39. The lowest BCUT2D eigenvalue weighted by Gasteiger charge is -2.20. The molecule has 0 amide bonds. The van der Waals surface area contributed by atoms with Crippen molar-refractivity contribution in [2.24, 2.45) is 0 Å². The minimum absolute atomic E-state index is 0.121. The molecule has 0 aliphatic carbocycles. The number of hydrogen-bond acceptors (Lipinski definition) is 3. The maximum atomic E-state index is 9.84. The molecular weight excluding hydrogens is 264 g/mol. The molecule has 0 aliphatic heterocycles. The first-order chi connectivity index (χ1) is 10.2. The number of hydrogen-bond donors (Lipinski definition) is 2. The zero-order chi connectivity index (χ0) is 15.5. The molecule has 1 unspecified atom stereocenters. The van der Waals surface area contributed by atoms with E-state index in [0.717, 1.165) is 32.1 Å². The van der Waals surface area contributed by atoms with Gasteiger partial charge in [-0.2, -0.15) is 0 Å². The Hall–Kier alpha value is -1.38. The highest BCUT2D eigenvalue weighted by Gasteiger charge is 2.14. The van der Waals surface area contributed by atoms with E-state index in [0.29, 0.717) is 5.75 Å². The molecule has 120 valence electrons. The van der Waals surface area contributed by atoms with Crippen LogP contribution in [0.4, 0.5) is 0 Å². The monoisotopic (exact) mass is 294 g/mol. The predicted molar refractivity (Wildman–Crippen MR) is 87.1 cm³/mol. The molecule has 0 heterocycles. The van der Waals surface area contributed by atoms with Crippen molar-refractivity contribution in [3.8, 4) is 17.2 Å². The largest absolute Gasteiger partial charge is 0.504 e. The molecule has 0 aliphatic rings. The first-order valence-corrected chi connectivity index (χ1v) is 8.36. The van der Waals surface area contributed by atoms with Gasteiger partial charge in [-0.15, -0.1) is 0 Å².